The summed E-state index contributed by atoms with van der Waals surface area (Å²) in [7, 11) is 0. The van der Waals surface area contributed by atoms with Gasteiger partial charge in [-0.15, -0.1) is 0 Å². The van der Waals surface area contributed by atoms with E-state index in [1.165, 1.54) is 0 Å². The molecule has 5 nitrogen and oxygen atoms in total. The second kappa shape index (κ2) is 5.14. The summed E-state index contributed by atoms with van der Waals surface area (Å²) in [4.78, 5) is 12.0. The minimum atomic E-state index is -0.111. The van der Waals surface area contributed by atoms with Gasteiger partial charge in [-0.05, 0) is 32.4 Å². The van der Waals surface area contributed by atoms with Crippen LogP contribution in [0.15, 0.2) is 24.3 Å². The Hall–Kier alpha value is -2.30. The van der Waals surface area contributed by atoms with E-state index in [9.17, 15) is 4.79 Å². The lowest BCUT2D eigenvalue weighted by Crippen LogP contribution is -2.20. The van der Waals surface area contributed by atoms with Crippen molar-refractivity contribution < 1.29 is 4.79 Å². The molecule has 0 bridgehead atoms. The maximum Gasteiger partial charge on any atom is 0.246 e. The number of carbonyl (C=O) groups is 1. The summed E-state index contributed by atoms with van der Waals surface area (Å²) < 4.78 is 1.62. The highest BCUT2D eigenvalue weighted by molar-refractivity contribution is 5.91. The van der Waals surface area contributed by atoms with Crippen molar-refractivity contribution in [3.05, 3.63) is 41.2 Å². The third-order valence-electron chi connectivity index (χ3n) is 3.15. The number of benzene rings is 1. The zero-order valence-electron chi connectivity index (χ0n) is 11.4. The first-order valence-corrected chi connectivity index (χ1v) is 6.14. The number of para-hydroxylation sites is 1. The quantitative estimate of drug-likeness (QED) is 0.884. The van der Waals surface area contributed by atoms with Crippen LogP contribution in [0, 0.1) is 20.8 Å². The van der Waals surface area contributed by atoms with Gasteiger partial charge in [0.2, 0.25) is 5.91 Å². The molecule has 1 amide bonds. The largest absolute Gasteiger partial charge is 0.396 e. The number of nitrogen functional groups attached to an aromatic ring is 1. The van der Waals surface area contributed by atoms with Crippen molar-refractivity contribution in [2.45, 2.75) is 27.3 Å². The van der Waals surface area contributed by atoms with E-state index < -0.39 is 0 Å². The lowest BCUT2D eigenvalue weighted by atomic mass is 10.2. The number of anilines is 2. The normalized spacial score (nSPS) is 10.5. The lowest BCUT2D eigenvalue weighted by Gasteiger charge is -2.09. The number of aromatic nitrogens is 2. The Kier molecular flexibility index (Phi) is 3.55. The predicted octanol–water partition coefficient (Wildman–Crippen LogP) is 2.03. The highest BCUT2D eigenvalue weighted by Gasteiger charge is 2.11. The second-order valence-electron chi connectivity index (χ2n) is 4.61. The van der Waals surface area contributed by atoms with E-state index in [1.54, 1.807) is 4.68 Å². The van der Waals surface area contributed by atoms with E-state index in [4.69, 9.17) is 5.73 Å². The van der Waals surface area contributed by atoms with Crippen molar-refractivity contribution >= 4 is 17.3 Å². The van der Waals surface area contributed by atoms with Gasteiger partial charge in [-0.3, -0.25) is 9.48 Å². The van der Waals surface area contributed by atoms with Crippen LogP contribution in [0.1, 0.15) is 17.0 Å². The van der Waals surface area contributed by atoms with Crippen molar-refractivity contribution in [2.24, 2.45) is 0 Å². The van der Waals surface area contributed by atoms with Crippen LogP contribution in [0.3, 0.4) is 0 Å². The molecule has 0 aliphatic carbocycles. The fraction of sp³-hybridized carbons (Fsp3) is 0.286. The summed E-state index contributed by atoms with van der Waals surface area (Å²) in [5.41, 5.74) is 9.90. The first-order chi connectivity index (χ1) is 8.99. The molecule has 0 fully saturated rings. The SMILES string of the molecule is Cc1ccccc1NC(=O)Cn1nc(C)c(N)c1C. The number of hydrogen-bond acceptors (Lipinski definition) is 3. The van der Waals surface area contributed by atoms with E-state index in [1.807, 2.05) is 45.0 Å². The number of nitrogens with two attached hydrogens (primary N) is 1. The van der Waals surface area contributed by atoms with Crippen molar-refractivity contribution in [1.29, 1.82) is 0 Å². The van der Waals surface area contributed by atoms with Gasteiger partial charge in [-0.2, -0.15) is 5.10 Å². The average molecular weight is 258 g/mol. The van der Waals surface area contributed by atoms with Crippen LogP contribution in [0.4, 0.5) is 11.4 Å². The highest BCUT2D eigenvalue weighted by Crippen LogP contribution is 2.16. The summed E-state index contributed by atoms with van der Waals surface area (Å²) >= 11 is 0. The van der Waals surface area contributed by atoms with Gasteiger partial charge < -0.3 is 11.1 Å². The predicted molar refractivity (Wildman–Crippen MR) is 75.9 cm³/mol. The van der Waals surface area contributed by atoms with Crippen LogP contribution in [0.5, 0.6) is 0 Å². The molecular formula is C14H18N4O. The first kappa shape index (κ1) is 13.1. The van der Waals surface area contributed by atoms with Gasteiger partial charge in [0.1, 0.15) is 6.54 Å². The summed E-state index contributed by atoms with van der Waals surface area (Å²) in [6.45, 7) is 5.81. The molecule has 19 heavy (non-hydrogen) atoms. The number of nitrogens with zero attached hydrogens (tertiary/aromatic N) is 2. The third-order valence-corrected chi connectivity index (χ3v) is 3.15. The maximum absolute atomic E-state index is 12.0. The number of carbonyl (C=O) groups excluding carboxylic acids is 1. The minimum Gasteiger partial charge on any atom is -0.396 e. The van der Waals surface area contributed by atoms with Crippen molar-refractivity contribution in [3.63, 3.8) is 0 Å². The monoisotopic (exact) mass is 258 g/mol. The molecule has 0 radical (unpaired) electrons. The zero-order chi connectivity index (χ0) is 14.0. The molecule has 100 valence electrons. The second-order valence-corrected chi connectivity index (χ2v) is 4.61. The Bertz CT molecular complexity index is 616. The molecule has 1 aromatic heterocycles. The number of hydrogen-bond donors (Lipinski definition) is 2. The molecule has 0 aliphatic heterocycles. The molecule has 0 unspecified atom stereocenters. The topological polar surface area (TPSA) is 72.9 Å². The molecular weight excluding hydrogens is 240 g/mol. The van der Waals surface area contributed by atoms with E-state index in [-0.39, 0.29) is 12.5 Å². The molecule has 2 rings (SSSR count). The lowest BCUT2D eigenvalue weighted by molar-refractivity contribution is -0.116. The zero-order valence-corrected chi connectivity index (χ0v) is 11.4. The summed E-state index contributed by atoms with van der Waals surface area (Å²) in [5, 5.41) is 7.12. The Labute approximate surface area is 112 Å². The maximum atomic E-state index is 12.0. The standard InChI is InChI=1S/C14H18N4O/c1-9-6-4-5-7-12(9)16-13(19)8-18-11(3)14(15)10(2)17-18/h4-7H,8,15H2,1-3H3,(H,16,19). The third kappa shape index (κ3) is 2.76. The Morgan fingerprint density at radius 3 is 2.58 bits per heavy atom. The van der Waals surface area contributed by atoms with Crippen molar-refractivity contribution in [3.8, 4) is 0 Å². The van der Waals surface area contributed by atoms with E-state index in [2.05, 4.69) is 10.4 Å². The molecule has 5 heteroatoms. The molecule has 1 heterocycles. The Morgan fingerprint density at radius 1 is 1.32 bits per heavy atom. The Balaban J connectivity index is 2.10. The molecule has 0 spiro atoms. The fourth-order valence-electron chi connectivity index (χ4n) is 1.90. The average Bonchev–Trinajstić information content (AvgIpc) is 2.60. The molecule has 1 aromatic carbocycles. The van der Waals surface area contributed by atoms with Gasteiger partial charge in [0.05, 0.1) is 17.1 Å². The molecule has 2 aromatic rings. The minimum absolute atomic E-state index is 0.111. The van der Waals surface area contributed by atoms with E-state index >= 15 is 0 Å². The molecule has 0 saturated heterocycles. The Morgan fingerprint density at radius 2 is 2.00 bits per heavy atom. The molecule has 3 N–H and O–H groups in total. The molecule has 0 saturated carbocycles. The van der Waals surface area contributed by atoms with Crippen LogP contribution < -0.4 is 11.1 Å². The van der Waals surface area contributed by atoms with Gasteiger partial charge in [0.25, 0.3) is 0 Å². The number of aryl methyl sites for hydroxylation is 2. The van der Waals surface area contributed by atoms with Crippen LogP contribution in [0.2, 0.25) is 0 Å². The highest BCUT2D eigenvalue weighted by atomic mass is 16.2. The fourth-order valence-corrected chi connectivity index (χ4v) is 1.90. The summed E-state index contributed by atoms with van der Waals surface area (Å²) in [6.07, 6.45) is 0. The molecule has 0 aliphatic rings. The van der Waals surface area contributed by atoms with Gasteiger partial charge in [-0.1, -0.05) is 18.2 Å². The first-order valence-electron chi connectivity index (χ1n) is 6.14. The van der Waals surface area contributed by atoms with Gasteiger partial charge >= 0.3 is 0 Å². The number of amides is 1. The van der Waals surface area contributed by atoms with Crippen LogP contribution in [-0.4, -0.2) is 15.7 Å². The van der Waals surface area contributed by atoms with Crippen LogP contribution in [-0.2, 0) is 11.3 Å². The van der Waals surface area contributed by atoms with Crippen molar-refractivity contribution in [1.82, 2.24) is 9.78 Å². The summed E-state index contributed by atoms with van der Waals surface area (Å²) in [5.74, 6) is -0.111. The van der Waals surface area contributed by atoms with Crippen molar-refractivity contribution in [2.75, 3.05) is 11.1 Å². The summed E-state index contributed by atoms with van der Waals surface area (Å²) in [6, 6.07) is 7.66. The number of rotatable bonds is 3. The van der Waals surface area contributed by atoms with E-state index in [0.717, 1.165) is 22.6 Å². The van der Waals surface area contributed by atoms with Gasteiger partial charge in [0, 0.05) is 5.69 Å². The number of nitrogens with one attached hydrogen (secondary N) is 1. The van der Waals surface area contributed by atoms with E-state index in [0.29, 0.717) is 5.69 Å². The molecule has 0 atom stereocenters. The van der Waals surface area contributed by atoms with Crippen LogP contribution in [0.25, 0.3) is 0 Å². The van der Waals surface area contributed by atoms with Gasteiger partial charge in [-0.25, -0.2) is 0 Å². The van der Waals surface area contributed by atoms with Crippen LogP contribution >= 0.6 is 0 Å². The van der Waals surface area contributed by atoms with Gasteiger partial charge in [0.15, 0.2) is 0 Å². The smallest absolute Gasteiger partial charge is 0.246 e.